The van der Waals surface area contributed by atoms with Crippen molar-refractivity contribution in [1.82, 2.24) is 14.5 Å². The van der Waals surface area contributed by atoms with Crippen molar-refractivity contribution >= 4 is 29.4 Å². The zero-order valence-corrected chi connectivity index (χ0v) is 17.0. The third-order valence-corrected chi connectivity index (χ3v) is 6.99. The van der Waals surface area contributed by atoms with Gasteiger partial charge in [-0.25, -0.2) is 9.37 Å². The highest BCUT2D eigenvalue weighted by atomic mass is 32.2. The Balaban J connectivity index is 1.45. The average Bonchev–Trinajstić information content (AvgIpc) is 3.34. The van der Waals surface area contributed by atoms with Gasteiger partial charge in [-0.05, 0) is 11.6 Å². The molecule has 2 aromatic carbocycles. The molecular formula is C21H20FN3OS2. The molecule has 144 valence electrons. The van der Waals surface area contributed by atoms with Crippen LogP contribution >= 0.6 is 23.5 Å². The fraction of sp³-hybridized carbons (Fsp3) is 0.238. The smallest absolute Gasteiger partial charge is 0.234 e. The third kappa shape index (κ3) is 3.82. The Hall–Kier alpha value is -2.25. The molecule has 0 bridgehead atoms. The molecule has 0 aliphatic carbocycles. The van der Waals surface area contributed by atoms with Gasteiger partial charge in [-0.3, -0.25) is 4.79 Å². The van der Waals surface area contributed by atoms with Gasteiger partial charge in [0.15, 0.2) is 5.16 Å². The number of aromatic nitrogens is 2. The van der Waals surface area contributed by atoms with Gasteiger partial charge in [0, 0.05) is 24.9 Å². The predicted octanol–water partition coefficient (Wildman–Crippen LogP) is 4.59. The maximum Gasteiger partial charge on any atom is 0.234 e. The van der Waals surface area contributed by atoms with Crippen molar-refractivity contribution in [3.05, 3.63) is 72.2 Å². The molecule has 0 saturated carbocycles. The van der Waals surface area contributed by atoms with Crippen LogP contribution in [0, 0.1) is 5.82 Å². The van der Waals surface area contributed by atoms with Crippen molar-refractivity contribution in [2.75, 3.05) is 18.1 Å². The minimum atomic E-state index is -0.260. The molecule has 4 nitrogen and oxygen atoms in total. The van der Waals surface area contributed by atoms with Gasteiger partial charge in [-0.1, -0.05) is 60.3 Å². The average molecular weight is 414 g/mol. The van der Waals surface area contributed by atoms with Crippen molar-refractivity contribution < 1.29 is 9.18 Å². The Kier molecular flexibility index (Phi) is 5.73. The number of hydrogen-bond acceptors (Lipinski definition) is 4. The molecule has 0 unspecified atom stereocenters. The number of hydrogen-bond donors (Lipinski definition) is 0. The first-order valence-electron chi connectivity index (χ1n) is 9.00. The van der Waals surface area contributed by atoms with Crippen LogP contribution in [0.4, 0.5) is 4.39 Å². The normalized spacial score (nSPS) is 16.5. The molecule has 3 aromatic rings. The number of nitrogens with zero attached hydrogens (tertiary/aromatic N) is 3. The summed E-state index contributed by atoms with van der Waals surface area (Å²) in [5.41, 5.74) is 2.68. The lowest BCUT2D eigenvalue weighted by atomic mass is 10.2. The SMILES string of the molecule is Cn1c(-c2ccccc2)cnc1SCC(=O)N1CCS[C@@H]1c1ccccc1F. The van der Waals surface area contributed by atoms with Crippen molar-refractivity contribution in [2.45, 2.75) is 10.5 Å². The molecule has 4 rings (SSSR count). The van der Waals surface area contributed by atoms with E-state index in [4.69, 9.17) is 0 Å². The highest BCUT2D eigenvalue weighted by Gasteiger charge is 2.32. The Bertz CT molecular complexity index is 977. The molecule has 1 aliphatic heterocycles. The van der Waals surface area contributed by atoms with E-state index in [1.807, 2.05) is 54.2 Å². The molecule has 2 heterocycles. The van der Waals surface area contributed by atoms with Gasteiger partial charge >= 0.3 is 0 Å². The first-order valence-corrected chi connectivity index (χ1v) is 11.0. The monoisotopic (exact) mass is 413 g/mol. The molecule has 1 aliphatic rings. The molecular weight excluding hydrogens is 393 g/mol. The van der Waals surface area contributed by atoms with E-state index in [9.17, 15) is 9.18 Å². The highest BCUT2D eigenvalue weighted by molar-refractivity contribution is 8.00. The molecule has 0 spiro atoms. The maximum absolute atomic E-state index is 14.2. The van der Waals surface area contributed by atoms with Crippen LogP contribution in [-0.2, 0) is 11.8 Å². The molecule has 28 heavy (non-hydrogen) atoms. The zero-order valence-electron chi connectivity index (χ0n) is 15.4. The van der Waals surface area contributed by atoms with Crippen LogP contribution in [0.25, 0.3) is 11.3 Å². The molecule has 1 saturated heterocycles. The summed E-state index contributed by atoms with van der Waals surface area (Å²) >= 11 is 3.02. The van der Waals surface area contributed by atoms with Crippen molar-refractivity contribution in [3.63, 3.8) is 0 Å². The van der Waals surface area contributed by atoms with Crippen LogP contribution in [0.3, 0.4) is 0 Å². The van der Waals surface area contributed by atoms with Gasteiger partial charge in [0.05, 0.1) is 17.6 Å². The molecule has 1 aromatic heterocycles. The Morgan fingerprint density at radius 2 is 1.96 bits per heavy atom. The quantitative estimate of drug-likeness (QED) is 0.574. The van der Waals surface area contributed by atoms with E-state index in [2.05, 4.69) is 4.98 Å². The third-order valence-electron chi connectivity index (χ3n) is 4.72. The number of carbonyl (C=O) groups is 1. The van der Waals surface area contributed by atoms with E-state index in [-0.39, 0.29) is 22.9 Å². The van der Waals surface area contributed by atoms with E-state index in [0.717, 1.165) is 22.2 Å². The lowest BCUT2D eigenvalue weighted by molar-refractivity contribution is -0.128. The summed E-state index contributed by atoms with van der Waals surface area (Å²) in [6, 6.07) is 16.7. The molecule has 7 heteroatoms. The second kappa shape index (κ2) is 8.41. The van der Waals surface area contributed by atoms with E-state index >= 15 is 0 Å². The number of imidazole rings is 1. The summed E-state index contributed by atoms with van der Waals surface area (Å²) in [6.07, 6.45) is 1.83. The van der Waals surface area contributed by atoms with Crippen LogP contribution in [0.2, 0.25) is 0 Å². The second-order valence-corrected chi connectivity index (χ2v) is 8.60. The standard InChI is InChI=1S/C21H20FN3OS2/c1-24-18(15-7-3-2-4-8-15)13-23-21(24)28-14-19(26)25-11-12-27-20(25)16-9-5-6-10-17(16)22/h2-10,13,20H,11-12,14H2,1H3/t20-/m1/s1. The lowest BCUT2D eigenvalue weighted by Gasteiger charge is -2.24. The van der Waals surface area contributed by atoms with E-state index in [1.54, 1.807) is 28.8 Å². The molecule has 1 amide bonds. The number of amides is 1. The molecule has 0 radical (unpaired) electrons. The van der Waals surface area contributed by atoms with Gasteiger partial charge < -0.3 is 9.47 Å². The maximum atomic E-state index is 14.2. The topological polar surface area (TPSA) is 38.1 Å². The van der Waals surface area contributed by atoms with Crippen molar-refractivity contribution in [1.29, 1.82) is 0 Å². The van der Waals surface area contributed by atoms with Crippen LogP contribution in [-0.4, -0.2) is 38.4 Å². The van der Waals surface area contributed by atoms with E-state index in [1.165, 1.54) is 17.8 Å². The van der Waals surface area contributed by atoms with Crippen LogP contribution in [0.1, 0.15) is 10.9 Å². The Morgan fingerprint density at radius 3 is 2.75 bits per heavy atom. The number of benzene rings is 2. The number of thioether (sulfide) groups is 2. The fourth-order valence-corrected chi connectivity index (χ4v) is 5.41. The summed E-state index contributed by atoms with van der Waals surface area (Å²) in [5, 5.41) is 0.539. The molecule has 1 fully saturated rings. The van der Waals surface area contributed by atoms with E-state index in [0.29, 0.717) is 12.1 Å². The van der Waals surface area contributed by atoms with Gasteiger partial charge in [-0.15, -0.1) is 11.8 Å². The van der Waals surface area contributed by atoms with Crippen LogP contribution in [0.15, 0.2) is 66.0 Å². The second-order valence-electron chi connectivity index (χ2n) is 6.47. The minimum absolute atomic E-state index is 0.00696. The van der Waals surface area contributed by atoms with Gasteiger partial charge in [0.1, 0.15) is 11.2 Å². The summed E-state index contributed by atoms with van der Waals surface area (Å²) in [4.78, 5) is 19.1. The first kappa shape index (κ1) is 19.1. The van der Waals surface area contributed by atoms with Crippen LogP contribution < -0.4 is 0 Å². The van der Waals surface area contributed by atoms with Crippen molar-refractivity contribution in [2.24, 2.45) is 7.05 Å². The summed E-state index contributed by atoms with van der Waals surface area (Å²) < 4.78 is 16.2. The van der Waals surface area contributed by atoms with Crippen molar-refractivity contribution in [3.8, 4) is 11.3 Å². The fourth-order valence-electron chi connectivity index (χ4n) is 3.27. The Labute approximate surface area is 172 Å². The highest BCUT2D eigenvalue weighted by Crippen LogP contribution is 2.39. The predicted molar refractivity (Wildman–Crippen MR) is 113 cm³/mol. The largest absolute Gasteiger partial charge is 0.325 e. The summed E-state index contributed by atoms with van der Waals surface area (Å²) in [6.45, 7) is 0.638. The number of carbonyl (C=O) groups excluding carboxylic acids is 1. The van der Waals surface area contributed by atoms with Gasteiger partial charge in [0.2, 0.25) is 5.91 Å². The number of halogens is 1. The summed E-state index contributed by atoms with van der Waals surface area (Å²) in [7, 11) is 1.95. The lowest BCUT2D eigenvalue weighted by Crippen LogP contribution is -2.32. The number of rotatable bonds is 5. The zero-order chi connectivity index (χ0) is 19.5. The molecule has 0 N–H and O–H groups in total. The minimum Gasteiger partial charge on any atom is -0.325 e. The Morgan fingerprint density at radius 1 is 1.21 bits per heavy atom. The van der Waals surface area contributed by atoms with Crippen LogP contribution in [0.5, 0.6) is 0 Å². The molecule has 1 atom stereocenters. The van der Waals surface area contributed by atoms with Gasteiger partial charge in [-0.2, -0.15) is 0 Å². The van der Waals surface area contributed by atoms with E-state index < -0.39 is 0 Å². The summed E-state index contributed by atoms with van der Waals surface area (Å²) in [5.74, 6) is 0.845. The first-order chi connectivity index (χ1) is 13.6. The van der Waals surface area contributed by atoms with Gasteiger partial charge in [0.25, 0.3) is 0 Å².